The van der Waals surface area contributed by atoms with Crippen LogP contribution in [-0.2, 0) is 5.75 Å². The molecule has 1 aliphatic rings. The predicted octanol–water partition coefficient (Wildman–Crippen LogP) is 5.71. The predicted molar refractivity (Wildman–Crippen MR) is 152 cm³/mol. The van der Waals surface area contributed by atoms with E-state index >= 15 is 0 Å². The Morgan fingerprint density at radius 1 is 1.11 bits per heavy atom. The van der Waals surface area contributed by atoms with E-state index in [1.165, 1.54) is 29.6 Å². The third-order valence-corrected chi connectivity index (χ3v) is 7.59. The van der Waals surface area contributed by atoms with Crippen molar-refractivity contribution < 1.29 is 5.11 Å². The first kappa shape index (κ1) is 25.4. The number of anilines is 2. The molecule has 5 rings (SSSR count). The molecule has 38 heavy (non-hydrogen) atoms. The summed E-state index contributed by atoms with van der Waals surface area (Å²) < 4.78 is 0. The standard InChI is InChI=1S/C29H28N6O2S/c1-30-27-26(22-5-3-7-25(36)17-22)33-29(34-28(27)37)38-19-21-4-2-6-23(16-21)32-18-20-10-14-35(15-11-20)24-8-12-31-13-9-24/h2-9,12-13,16-17,20,32,36H,10-11,14-15,18-19H2,(H,33,34,37). The van der Waals surface area contributed by atoms with Crippen molar-refractivity contribution in [1.29, 1.82) is 0 Å². The maximum Gasteiger partial charge on any atom is 0.276 e. The molecule has 0 bridgehead atoms. The number of thioether (sulfide) groups is 1. The Bertz CT molecular complexity index is 1490. The van der Waals surface area contributed by atoms with Gasteiger partial charge in [0.2, 0.25) is 0 Å². The van der Waals surface area contributed by atoms with Crippen molar-refractivity contribution >= 4 is 28.8 Å². The maximum absolute atomic E-state index is 12.6. The third-order valence-electron chi connectivity index (χ3n) is 6.64. The molecule has 3 heterocycles. The molecule has 0 aliphatic carbocycles. The summed E-state index contributed by atoms with van der Waals surface area (Å²) in [6.45, 7) is 10.4. The number of rotatable bonds is 8. The van der Waals surface area contributed by atoms with E-state index < -0.39 is 5.56 Å². The summed E-state index contributed by atoms with van der Waals surface area (Å²) in [5, 5.41) is 13.9. The highest BCUT2D eigenvalue weighted by Gasteiger charge is 2.19. The van der Waals surface area contributed by atoms with Crippen molar-refractivity contribution in [2.24, 2.45) is 5.92 Å². The van der Waals surface area contributed by atoms with Gasteiger partial charge in [-0.3, -0.25) is 9.78 Å². The average molecular weight is 525 g/mol. The van der Waals surface area contributed by atoms with E-state index in [4.69, 9.17) is 6.57 Å². The molecule has 3 N–H and O–H groups in total. The van der Waals surface area contributed by atoms with Crippen LogP contribution in [0, 0.1) is 12.5 Å². The zero-order valence-electron chi connectivity index (χ0n) is 20.8. The number of nitrogens with one attached hydrogen (secondary N) is 2. The van der Waals surface area contributed by atoms with Crippen molar-refractivity contribution in [3.63, 3.8) is 0 Å². The topological polar surface area (TPSA) is 98.5 Å². The first-order chi connectivity index (χ1) is 18.6. The molecule has 0 saturated carbocycles. The lowest BCUT2D eigenvalue weighted by atomic mass is 9.96. The monoisotopic (exact) mass is 524 g/mol. The van der Waals surface area contributed by atoms with E-state index in [0.717, 1.165) is 43.7 Å². The molecule has 9 heteroatoms. The summed E-state index contributed by atoms with van der Waals surface area (Å²) in [5.74, 6) is 1.29. The Hall–Kier alpha value is -4.29. The number of nitrogens with zero attached hydrogens (tertiary/aromatic N) is 4. The van der Waals surface area contributed by atoms with Crippen LogP contribution in [0.25, 0.3) is 16.1 Å². The molecule has 1 fully saturated rings. The van der Waals surface area contributed by atoms with Crippen molar-refractivity contribution in [2.45, 2.75) is 23.8 Å². The lowest BCUT2D eigenvalue weighted by molar-refractivity contribution is 0.423. The Morgan fingerprint density at radius 3 is 2.66 bits per heavy atom. The lowest BCUT2D eigenvalue weighted by Gasteiger charge is -2.33. The fourth-order valence-electron chi connectivity index (χ4n) is 4.61. The summed E-state index contributed by atoms with van der Waals surface area (Å²) in [4.78, 5) is 29.7. The van der Waals surface area contributed by atoms with Gasteiger partial charge in [-0.2, -0.15) is 0 Å². The largest absolute Gasteiger partial charge is 0.508 e. The van der Waals surface area contributed by atoms with E-state index in [0.29, 0.717) is 22.4 Å². The van der Waals surface area contributed by atoms with Gasteiger partial charge in [-0.25, -0.2) is 9.83 Å². The van der Waals surface area contributed by atoms with Gasteiger partial charge in [-0.05, 0) is 66.3 Å². The number of aromatic nitrogens is 3. The molecule has 8 nitrogen and oxygen atoms in total. The first-order valence-corrected chi connectivity index (χ1v) is 13.5. The maximum atomic E-state index is 12.6. The molecule has 2 aromatic carbocycles. The zero-order chi connectivity index (χ0) is 26.3. The highest BCUT2D eigenvalue weighted by Crippen LogP contribution is 2.30. The van der Waals surface area contributed by atoms with Gasteiger partial charge in [0, 0.05) is 49.2 Å². The number of benzene rings is 2. The smallest absolute Gasteiger partial charge is 0.276 e. The normalized spacial score (nSPS) is 13.7. The Kier molecular flexibility index (Phi) is 7.90. The fraction of sp³-hybridized carbons (Fsp3) is 0.241. The van der Waals surface area contributed by atoms with Crippen molar-refractivity contribution in [3.05, 3.63) is 100 Å². The van der Waals surface area contributed by atoms with Crippen LogP contribution >= 0.6 is 11.8 Å². The van der Waals surface area contributed by atoms with Crippen LogP contribution in [0.3, 0.4) is 0 Å². The zero-order valence-corrected chi connectivity index (χ0v) is 21.6. The first-order valence-electron chi connectivity index (χ1n) is 12.5. The quantitative estimate of drug-likeness (QED) is 0.154. The molecular weight excluding hydrogens is 496 g/mol. The number of aromatic hydroxyl groups is 1. The molecule has 1 saturated heterocycles. The van der Waals surface area contributed by atoms with E-state index in [1.54, 1.807) is 12.1 Å². The number of H-pyrrole nitrogens is 1. The Morgan fingerprint density at radius 2 is 1.89 bits per heavy atom. The molecule has 192 valence electrons. The van der Waals surface area contributed by atoms with Crippen LogP contribution in [0.5, 0.6) is 5.75 Å². The van der Waals surface area contributed by atoms with Gasteiger partial charge in [0.25, 0.3) is 11.2 Å². The van der Waals surface area contributed by atoms with E-state index in [1.807, 2.05) is 24.5 Å². The van der Waals surface area contributed by atoms with Gasteiger partial charge in [-0.1, -0.05) is 36.0 Å². The molecule has 0 unspecified atom stereocenters. The van der Waals surface area contributed by atoms with E-state index in [-0.39, 0.29) is 17.1 Å². The minimum absolute atomic E-state index is 0.0540. The molecule has 0 radical (unpaired) electrons. The number of hydrogen-bond donors (Lipinski definition) is 3. The third kappa shape index (κ3) is 6.15. The second-order valence-electron chi connectivity index (χ2n) is 9.24. The second-order valence-corrected chi connectivity index (χ2v) is 10.2. The summed E-state index contributed by atoms with van der Waals surface area (Å²) in [6.07, 6.45) is 5.98. The van der Waals surface area contributed by atoms with Crippen molar-refractivity contribution in [3.8, 4) is 17.0 Å². The van der Waals surface area contributed by atoms with Crippen molar-refractivity contribution in [1.82, 2.24) is 15.0 Å². The minimum Gasteiger partial charge on any atom is -0.508 e. The van der Waals surface area contributed by atoms with Gasteiger partial charge in [-0.15, -0.1) is 0 Å². The van der Waals surface area contributed by atoms with Crippen LogP contribution in [0.1, 0.15) is 18.4 Å². The lowest BCUT2D eigenvalue weighted by Crippen LogP contribution is -2.35. The van der Waals surface area contributed by atoms with Crippen LogP contribution in [0.15, 0.2) is 83.0 Å². The van der Waals surface area contributed by atoms with Crippen LogP contribution in [-0.4, -0.2) is 39.7 Å². The summed E-state index contributed by atoms with van der Waals surface area (Å²) >= 11 is 1.40. The molecule has 0 spiro atoms. The summed E-state index contributed by atoms with van der Waals surface area (Å²) in [6, 6.07) is 18.8. The van der Waals surface area contributed by atoms with Crippen LogP contribution < -0.4 is 15.8 Å². The Balaban J connectivity index is 1.19. The van der Waals surface area contributed by atoms with Gasteiger partial charge < -0.3 is 20.3 Å². The molecular formula is C29H28N6O2S. The molecule has 1 aliphatic heterocycles. The van der Waals surface area contributed by atoms with Gasteiger partial charge in [0.1, 0.15) is 5.75 Å². The number of hydrogen-bond acceptors (Lipinski definition) is 7. The molecule has 0 atom stereocenters. The number of aromatic amines is 1. The van der Waals surface area contributed by atoms with Crippen molar-refractivity contribution in [2.75, 3.05) is 29.9 Å². The highest BCUT2D eigenvalue weighted by molar-refractivity contribution is 7.98. The Labute approximate surface area is 225 Å². The SMILES string of the molecule is [C-]#[N+]c1c(-c2cccc(O)c2)nc(SCc2cccc(NCC3CCN(c4ccncc4)CC3)c2)[nH]c1=O. The summed E-state index contributed by atoms with van der Waals surface area (Å²) in [5.41, 5.74) is 3.65. The molecule has 0 amide bonds. The number of phenols is 1. The number of phenolic OH excluding ortho intramolecular Hbond substituents is 1. The van der Waals surface area contributed by atoms with E-state index in [2.05, 4.69) is 54.3 Å². The molecule has 2 aromatic heterocycles. The number of pyridine rings is 1. The van der Waals surface area contributed by atoms with Gasteiger partial charge in [0.15, 0.2) is 5.16 Å². The summed E-state index contributed by atoms with van der Waals surface area (Å²) in [7, 11) is 0. The molecule has 4 aromatic rings. The van der Waals surface area contributed by atoms with Gasteiger partial charge >= 0.3 is 0 Å². The van der Waals surface area contributed by atoms with Gasteiger partial charge in [0.05, 0.1) is 12.3 Å². The average Bonchev–Trinajstić information content (AvgIpc) is 2.96. The van der Waals surface area contributed by atoms with Crippen LogP contribution in [0.2, 0.25) is 0 Å². The van der Waals surface area contributed by atoms with Crippen LogP contribution in [0.4, 0.5) is 17.1 Å². The minimum atomic E-state index is -0.485. The fourth-order valence-corrected chi connectivity index (χ4v) is 5.41. The number of piperidine rings is 1. The second kappa shape index (κ2) is 11.8. The highest BCUT2D eigenvalue weighted by atomic mass is 32.2. The van der Waals surface area contributed by atoms with E-state index in [9.17, 15) is 9.90 Å².